The second-order valence-corrected chi connectivity index (χ2v) is 6.92. The summed E-state index contributed by atoms with van der Waals surface area (Å²) < 4.78 is 28.7. The van der Waals surface area contributed by atoms with Gasteiger partial charge in [-0.15, -0.1) is 0 Å². The molecule has 0 aliphatic carbocycles. The first-order chi connectivity index (χ1) is 10.0. The lowest BCUT2D eigenvalue weighted by atomic mass is 10.3. The molecule has 0 aliphatic heterocycles. The molecule has 0 aromatic heterocycles. The summed E-state index contributed by atoms with van der Waals surface area (Å²) in [5.74, 6) is 0.234. The number of hydrogen-bond acceptors (Lipinski definition) is 4. The molecule has 0 amide bonds. The van der Waals surface area contributed by atoms with Crippen molar-refractivity contribution in [3.8, 4) is 5.75 Å². The van der Waals surface area contributed by atoms with Crippen LogP contribution in [0.1, 0.15) is 39.5 Å². The topological polar surface area (TPSA) is 44.8 Å². The minimum atomic E-state index is -3.67. The standard InChI is InChI=1S/C14H21Cl2O4P/c1-3-5-9-18-21(17,19-10-6-4-2)20-14-8-7-12(15)11-13(14)16/h7-8,11H,3-6,9-10H2,1-2H3. The number of unbranched alkanes of at least 4 members (excludes halogenated alkanes) is 2. The normalized spacial score (nSPS) is 11.6. The maximum Gasteiger partial charge on any atom is 0.530 e. The van der Waals surface area contributed by atoms with Gasteiger partial charge in [0.1, 0.15) is 5.75 Å². The van der Waals surface area contributed by atoms with Gasteiger partial charge in [-0.2, -0.15) is 0 Å². The largest absolute Gasteiger partial charge is 0.530 e. The molecule has 0 spiro atoms. The molecule has 1 rings (SSSR count). The van der Waals surface area contributed by atoms with Crippen molar-refractivity contribution in [3.05, 3.63) is 28.2 Å². The van der Waals surface area contributed by atoms with Gasteiger partial charge in [-0.3, -0.25) is 9.05 Å². The first kappa shape index (κ1) is 18.8. The van der Waals surface area contributed by atoms with Gasteiger partial charge in [-0.25, -0.2) is 4.57 Å². The lowest BCUT2D eigenvalue weighted by Gasteiger charge is -2.19. The average molecular weight is 355 g/mol. The van der Waals surface area contributed by atoms with Gasteiger partial charge in [0.25, 0.3) is 0 Å². The molecule has 0 bridgehead atoms. The molecule has 0 saturated heterocycles. The van der Waals surface area contributed by atoms with Crippen molar-refractivity contribution in [1.82, 2.24) is 0 Å². The average Bonchev–Trinajstić information content (AvgIpc) is 2.43. The molecular weight excluding hydrogens is 334 g/mol. The summed E-state index contributed by atoms with van der Waals surface area (Å²) in [7, 11) is -3.67. The summed E-state index contributed by atoms with van der Waals surface area (Å²) in [5, 5.41) is 0.738. The molecule has 0 saturated carbocycles. The SMILES string of the molecule is CCCCOP(=O)(OCCCC)Oc1ccc(Cl)cc1Cl. The van der Waals surface area contributed by atoms with Crippen LogP contribution in [0, 0.1) is 0 Å². The number of benzene rings is 1. The van der Waals surface area contributed by atoms with E-state index in [0.29, 0.717) is 18.2 Å². The fourth-order valence-corrected chi connectivity index (χ4v) is 3.19. The molecule has 120 valence electrons. The van der Waals surface area contributed by atoms with E-state index < -0.39 is 7.82 Å². The molecule has 1 aromatic carbocycles. The molecule has 4 nitrogen and oxygen atoms in total. The van der Waals surface area contributed by atoms with Gasteiger partial charge in [0.15, 0.2) is 0 Å². The second kappa shape index (κ2) is 9.70. The molecule has 0 N–H and O–H groups in total. The van der Waals surface area contributed by atoms with Crippen LogP contribution in [0.4, 0.5) is 0 Å². The Morgan fingerprint density at radius 3 is 2.10 bits per heavy atom. The zero-order valence-electron chi connectivity index (χ0n) is 12.3. The quantitative estimate of drug-likeness (QED) is 0.375. The molecule has 0 atom stereocenters. The molecule has 0 heterocycles. The smallest absolute Gasteiger partial charge is 0.402 e. The Balaban J connectivity index is 2.77. The van der Waals surface area contributed by atoms with Gasteiger partial charge in [0.2, 0.25) is 0 Å². The Labute approximate surface area is 136 Å². The van der Waals surface area contributed by atoms with Crippen molar-refractivity contribution in [2.45, 2.75) is 39.5 Å². The molecule has 21 heavy (non-hydrogen) atoms. The van der Waals surface area contributed by atoms with Crippen LogP contribution in [0.3, 0.4) is 0 Å². The third-order valence-corrected chi connectivity index (χ3v) is 4.55. The van der Waals surface area contributed by atoms with Gasteiger partial charge < -0.3 is 4.52 Å². The first-order valence-corrected chi connectivity index (χ1v) is 9.26. The molecule has 0 radical (unpaired) electrons. The minimum absolute atomic E-state index is 0.234. The summed E-state index contributed by atoms with van der Waals surface area (Å²) in [6.07, 6.45) is 3.41. The third-order valence-electron chi connectivity index (χ3n) is 2.60. The van der Waals surface area contributed by atoms with Crippen LogP contribution in [0.25, 0.3) is 0 Å². The minimum Gasteiger partial charge on any atom is -0.402 e. The summed E-state index contributed by atoms with van der Waals surface area (Å²) in [5.41, 5.74) is 0. The van der Waals surface area contributed by atoms with Crippen molar-refractivity contribution in [2.24, 2.45) is 0 Å². The predicted octanol–water partition coefficient (Wildman–Crippen LogP) is 6.11. The summed E-state index contributed by atoms with van der Waals surface area (Å²) in [4.78, 5) is 0. The van der Waals surface area contributed by atoms with Crippen LogP contribution in [0.5, 0.6) is 5.75 Å². The van der Waals surface area contributed by atoms with E-state index in [1.165, 1.54) is 6.07 Å². The zero-order valence-corrected chi connectivity index (χ0v) is 14.7. The van der Waals surface area contributed by atoms with Gasteiger partial charge >= 0.3 is 7.82 Å². The highest BCUT2D eigenvalue weighted by Crippen LogP contribution is 2.51. The predicted molar refractivity (Wildman–Crippen MR) is 86.4 cm³/mol. The van der Waals surface area contributed by atoms with E-state index in [0.717, 1.165) is 25.7 Å². The fraction of sp³-hybridized carbons (Fsp3) is 0.571. The van der Waals surface area contributed by atoms with E-state index in [2.05, 4.69) is 0 Å². The van der Waals surface area contributed by atoms with Crippen LogP contribution in [-0.2, 0) is 13.6 Å². The van der Waals surface area contributed by atoms with E-state index in [1.54, 1.807) is 12.1 Å². The van der Waals surface area contributed by atoms with Crippen LogP contribution in [-0.4, -0.2) is 13.2 Å². The molecule has 0 unspecified atom stereocenters. The van der Waals surface area contributed by atoms with E-state index >= 15 is 0 Å². The number of rotatable bonds is 10. The van der Waals surface area contributed by atoms with Gasteiger partial charge in [0, 0.05) is 5.02 Å². The molecule has 0 fully saturated rings. The Hall–Kier alpha value is -0.250. The number of halogens is 2. The zero-order chi connectivity index (χ0) is 15.7. The Morgan fingerprint density at radius 1 is 1.05 bits per heavy atom. The number of phosphoric acid groups is 1. The fourth-order valence-electron chi connectivity index (χ4n) is 1.40. The van der Waals surface area contributed by atoms with Crippen LogP contribution >= 0.6 is 31.0 Å². The number of hydrogen-bond donors (Lipinski definition) is 0. The van der Waals surface area contributed by atoms with Crippen LogP contribution < -0.4 is 4.52 Å². The van der Waals surface area contributed by atoms with Gasteiger partial charge in [-0.1, -0.05) is 49.9 Å². The van der Waals surface area contributed by atoms with Crippen LogP contribution in [0.15, 0.2) is 18.2 Å². The highest BCUT2D eigenvalue weighted by Gasteiger charge is 2.29. The maximum absolute atomic E-state index is 12.6. The highest BCUT2D eigenvalue weighted by molar-refractivity contribution is 7.48. The van der Waals surface area contributed by atoms with Crippen molar-refractivity contribution in [1.29, 1.82) is 0 Å². The lowest BCUT2D eigenvalue weighted by molar-refractivity contribution is 0.152. The Bertz CT molecular complexity index is 468. The summed E-state index contributed by atoms with van der Waals surface area (Å²) in [6, 6.07) is 4.66. The van der Waals surface area contributed by atoms with E-state index in [9.17, 15) is 4.57 Å². The van der Waals surface area contributed by atoms with Crippen LogP contribution in [0.2, 0.25) is 10.0 Å². The lowest BCUT2D eigenvalue weighted by Crippen LogP contribution is -2.05. The van der Waals surface area contributed by atoms with Gasteiger partial charge in [0.05, 0.1) is 18.2 Å². The van der Waals surface area contributed by atoms with Gasteiger partial charge in [-0.05, 0) is 31.0 Å². The van der Waals surface area contributed by atoms with E-state index in [-0.39, 0.29) is 10.8 Å². The molecule has 0 aliphatic rings. The Kier molecular flexibility index (Phi) is 8.69. The molecule has 1 aromatic rings. The third kappa shape index (κ3) is 7.03. The molecular formula is C14H21Cl2O4P. The highest BCUT2D eigenvalue weighted by atomic mass is 35.5. The first-order valence-electron chi connectivity index (χ1n) is 7.04. The van der Waals surface area contributed by atoms with Crippen molar-refractivity contribution in [2.75, 3.05) is 13.2 Å². The summed E-state index contributed by atoms with van der Waals surface area (Å²) in [6.45, 7) is 4.66. The number of phosphoric ester groups is 1. The van der Waals surface area contributed by atoms with E-state index in [4.69, 9.17) is 36.8 Å². The second-order valence-electron chi connectivity index (χ2n) is 4.49. The maximum atomic E-state index is 12.6. The monoisotopic (exact) mass is 354 g/mol. The Morgan fingerprint density at radius 2 is 1.62 bits per heavy atom. The van der Waals surface area contributed by atoms with Crippen molar-refractivity contribution in [3.63, 3.8) is 0 Å². The van der Waals surface area contributed by atoms with Crippen molar-refractivity contribution >= 4 is 31.0 Å². The van der Waals surface area contributed by atoms with Crippen molar-refractivity contribution < 1.29 is 18.1 Å². The molecule has 7 heteroatoms. The summed E-state index contributed by atoms with van der Waals surface area (Å²) >= 11 is 11.8. The van der Waals surface area contributed by atoms with E-state index in [1.807, 2.05) is 13.8 Å².